The molecule has 0 radical (unpaired) electrons. The minimum atomic E-state index is -5.35. The summed E-state index contributed by atoms with van der Waals surface area (Å²) in [6.07, 6.45) is -5.35. The number of amides is 2. The average molecular weight is 429 g/mol. The molecule has 2 amide bonds. The van der Waals surface area contributed by atoms with Crippen LogP contribution in [0.5, 0.6) is 0 Å². The number of ketones is 1. The Morgan fingerprint density at radius 3 is 2.41 bits per heavy atom. The zero-order valence-electron chi connectivity index (χ0n) is 14.7. The first kappa shape index (κ1) is 20.7. The molecule has 3 atom stereocenters. The van der Waals surface area contributed by atoms with E-state index in [1.807, 2.05) is 0 Å². The predicted molar refractivity (Wildman–Crippen MR) is 95.3 cm³/mol. The number of benzene rings is 1. The van der Waals surface area contributed by atoms with Gasteiger partial charge in [0.1, 0.15) is 5.92 Å². The first-order chi connectivity index (χ1) is 13.5. The second-order valence-electron chi connectivity index (χ2n) is 6.38. The minimum absolute atomic E-state index is 0.00892. The summed E-state index contributed by atoms with van der Waals surface area (Å²) in [6, 6.07) is 4.32. The number of Topliss-reactive ketones (excluding diaryl/α,β-unsaturated/α-hetero) is 1. The van der Waals surface area contributed by atoms with Crippen LogP contribution in [0, 0.1) is 16.0 Å². The van der Waals surface area contributed by atoms with Crippen LogP contribution in [-0.2, 0) is 0 Å². The molecule has 29 heavy (non-hydrogen) atoms. The molecule has 3 rings (SSSR count). The van der Waals surface area contributed by atoms with Crippen molar-refractivity contribution in [3.05, 3.63) is 62.3 Å². The van der Waals surface area contributed by atoms with E-state index in [4.69, 9.17) is 0 Å². The van der Waals surface area contributed by atoms with E-state index in [0.29, 0.717) is 0 Å². The lowest BCUT2D eigenvalue weighted by atomic mass is 9.78. The number of nitro groups is 1. The number of nitrogens with one attached hydrogen (secondary N) is 1. The number of nitrogens with zero attached hydrogens (tertiary/aromatic N) is 2. The van der Waals surface area contributed by atoms with Crippen molar-refractivity contribution in [3.8, 4) is 0 Å². The lowest BCUT2D eigenvalue weighted by Gasteiger charge is -2.49. The smallest absolute Gasteiger partial charge is 0.363 e. The monoisotopic (exact) mass is 429 g/mol. The van der Waals surface area contributed by atoms with Crippen molar-refractivity contribution in [2.45, 2.75) is 17.9 Å². The van der Waals surface area contributed by atoms with E-state index in [1.165, 1.54) is 17.5 Å². The number of rotatable bonds is 4. The number of nitro benzene ring substituents is 1. The van der Waals surface area contributed by atoms with Gasteiger partial charge >= 0.3 is 12.2 Å². The molecule has 2 N–H and O–H groups in total. The van der Waals surface area contributed by atoms with Gasteiger partial charge in [0, 0.05) is 19.2 Å². The first-order valence-electron chi connectivity index (χ1n) is 8.14. The fourth-order valence-electron chi connectivity index (χ4n) is 3.26. The average Bonchev–Trinajstić information content (AvgIpc) is 3.19. The molecule has 154 valence electrons. The Balaban J connectivity index is 2.17. The number of non-ortho nitro benzene ring substituents is 1. The molecule has 0 aliphatic carbocycles. The zero-order valence-corrected chi connectivity index (χ0v) is 15.5. The van der Waals surface area contributed by atoms with Crippen LogP contribution in [0.4, 0.5) is 23.7 Å². The Morgan fingerprint density at radius 2 is 1.93 bits per heavy atom. The summed E-state index contributed by atoms with van der Waals surface area (Å²) >= 11 is 0.893. The number of carbonyl (C=O) groups excluding carboxylic acids is 2. The van der Waals surface area contributed by atoms with Gasteiger partial charge in [0.15, 0.2) is 5.78 Å². The van der Waals surface area contributed by atoms with Crippen LogP contribution in [0.25, 0.3) is 0 Å². The van der Waals surface area contributed by atoms with Crippen molar-refractivity contribution < 1.29 is 32.8 Å². The maximum absolute atomic E-state index is 14.0. The predicted octanol–water partition coefficient (Wildman–Crippen LogP) is 3.10. The van der Waals surface area contributed by atoms with E-state index in [0.717, 1.165) is 42.6 Å². The van der Waals surface area contributed by atoms with Crippen molar-refractivity contribution >= 4 is 28.8 Å². The Morgan fingerprint density at radius 1 is 1.31 bits per heavy atom. The summed E-state index contributed by atoms with van der Waals surface area (Å²) in [5, 5.41) is 25.3. The van der Waals surface area contributed by atoms with Crippen LogP contribution in [0.15, 0.2) is 41.8 Å². The molecular weight excluding hydrogens is 415 g/mol. The lowest BCUT2D eigenvalue weighted by molar-refractivity contribution is -0.384. The highest BCUT2D eigenvalue weighted by Gasteiger charge is 2.69. The van der Waals surface area contributed by atoms with Crippen LogP contribution in [0.1, 0.15) is 21.3 Å². The van der Waals surface area contributed by atoms with Gasteiger partial charge in [-0.1, -0.05) is 18.2 Å². The fraction of sp³-hybridized carbons (Fsp3) is 0.294. The van der Waals surface area contributed by atoms with Gasteiger partial charge in [-0.2, -0.15) is 13.2 Å². The molecule has 2 heterocycles. The zero-order chi connectivity index (χ0) is 21.6. The summed E-state index contributed by atoms with van der Waals surface area (Å²) in [5.41, 5.74) is -4.10. The standard InChI is InChI=1S/C17H14F3N3O5S/c1-22-15(25)21-13(9-4-6-10(7-5-9)23(27)28)12(16(22,26)17(18,19)20)14(24)11-3-2-8-29-11/h2-8,12-13,26H,1H3,(H,21,25)/t12-,13-,16-/m0/s1. The second kappa shape index (κ2) is 7.12. The molecule has 1 fully saturated rings. The molecular formula is C17H14F3N3O5S. The lowest BCUT2D eigenvalue weighted by Crippen LogP contribution is -2.72. The van der Waals surface area contributed by atoms with Gasteiger partial charge in [0.25, 0.3) is 11.4 Å². The topological polar surface area (TPSA) is 113 Å². The van der Waals surface area contributed by atoms with E-state index in [-0.39, 0.29) is 21.0 Å². The van der Waals surface area contributed by atoms with E-state index in [1.54, 1.807) is 0 Å². The van der Waals surface area contributed by atoms with Crippen molar-refractivity contribution in [2.24, 2.45) is 5.92 Å². The van der Waals surface area contributed by atoms with E-state index in [9.17, 15) is 38.0 Å². The number of alkyl halides is 3. The molecule has 1 aliphatic heterocycles. The molecule has 1 saturated heterocycles. The molecule has 12 heteroatoms. The fourth-order valence-corrected chi connectivity index (χ4v) is 3.96. The third kappa shape index (κ3) is 3.34. The largest absolute Gasteiger partial charge is 0.437 e. The van der Waals surface area contributed by atoms with E-state index < -0.39 is 40.6 Å². The van der Waals surface area contributed by atoms with Crippen LogP contribution in [0.2, 0.25) is 0 Å². The molecule has 0 bridgehead atoms. The third-order valence-electron chi connectivity index (χ3n) is 4.79. The number of aliphatic hydroxyl groups is 1. The molecule has 2 aromatic rings. The van der Waals surface area contributed by atoms with Gasteiger partial charge in [0.05, 0.1) is 15.8 Å². The van der Waals surface area contributed by atoms with Crippen LogP contribution in [-0.4, -0.2) is 45.7 Å². The van der Waals surface area contributed by atoms with Gasteiger partial charge in [-0.25, -0.2) is 4.79 Å². The maximum Gasteiger partial charge on any atom is 0.437 e. The summed E-state index contributed by atoms with van der Waals surface area (Å²) < 4.78 is 41.9. The summed E-state index contributed by atoms with van der Waals surface area (Å²) in [4.78, 5) is 35.4. The highest BCUT2D eigenvalue weighted by Crippen LogP contribution is 2.47. The Labute approximate surface area is 165 Å². The highest BCUT2D eigenvalue weighted by atomic mass is 32.1. The van der Waals surface area contributed by atoms with Crippen molar-refractivity contribution in [1.29, 1.82) is 0 Å². The Hall–Kier alpha value is -2.99. The summed E-state index contributed by atoms with van der Waals surface area (Å²) in [5.74, 6) is -3.17. The third-order valence-corrected chi connectivity index (χ3v) is 5.67. The van der Waals surface area contributed by atoms with Gasteiger partial charge in [-0.05, 0) is 17.0 Å². The molecule has 1 aliphatic rings. The number of thiophene rings is 1. The molecule has 0 spiro atoms. The quantitative estimate of drug-likeness (QED) is 0.441. The van der Waals surface area contributed by atoms with Gasteiger partial charge in [-0.3, -0.25) is 19.8 Å². The van der Waals surface area contributed by atoms with E-state index in [2.05, 4.69) is 5.32 Å². The SMILES string of the molecule is CN1C(=O)N[C@@H](c2ccc([N+](=O)[O-])cc2)[C@@H](C(=O)c2cccs2)[C@]1(O)C(F)(F)F. The summed E-state index contributed by atoms with van der Waals surface area (Å²) in [7, 11) is 0.740. The Bertz CT molecular complexity index is 948. The van der Waals surface area contributed by atoms with Gasteiger partial charge in [0.2, 0.25) is 0 Å². The first-order valence-corrected chi connectivity index (χ1v) is 9.02. The van der Waals surface area contributed by atoms with Crippen molar-refractivity contribution in [2.75, 3.05) is 7.05 Å². The summed E-state index contributed by atoms with van der Waals surface area (Å²) in [6.45, 7) is 0. The van der Waals surface area contributed by atoms with Crippen LogP contribution >= 0.6 is 11.3 Å². The van der Waals surface area contributed by atoms with Crippen LogP contribution in [0.3, 0.4) is 0 Å². The number of hydrogen-bond acceptors (Lipinski definition) is 6. The van der Waals surface area contributed by atoms with Gasteiger partial charge < -0.3 is 10.4 Å². The highest BCUT2D eigenvalue weighted by molar-refractivity contribution is 7.12. The van der Waals surface area contributed by atoms with Crippen LogP contribution < -0.4 is 5.32 Å². The maximum atomic E-state index is 14.0. The molecule has 1 aromatic carbocycles. The number of carbonyl (C=O) groups is 2. The van der Waals surface area contributed by atoms with Crippen molar-refractivity contribution in [1.82, 2.24) is 10.2 Å². The molecule has 0 unspecified atom stereocenters. The van der Waals surface area contributed by atoms with Crippen molar-refractivity contribution in [3.63, 3.8) is 0 Å². The van der Waals surface area contributed by atoms with Gasteiger partial charge in [-0.15, -0.1) is 11.3 Å². The normalized spacial score (nSPS) is 24.9. The molecule has 0 saturated carbocycles. The molecule has 1 aromatic heterocycles. The molecule has 8 nitrogen and oxygen atoms in total. The Kier molecular flexibility index (Phi) is 5.09. The number of urea groups is 1. The van der Waals surface area contributed by atoms with E-state index >= 15 is 0 Å². The number of halogens is 3. The minimum Gasteiger partial charge on any atom is -0.363 e. The number of hydrogen-bond donors (Lipinski definition) is 2. The second-order valence-corrected chi connectivity index (χ2v) is 7.33.